The van der Waals surface area contributed by atoms with Crippen molar-refractivity contribution >= 4 is 57.9 Å². The van der Waals surface area contributed by atoms with Crippen LogP contribution in [0.4, 0.5) is 5.69 Å². The summed E-state index contributed by atoms with van der Waals surface area (Å²) in [7, 11) is 1.73. The Morgan fingerprint density at radius 2 is 2.05 bits per heavy atom. The van der Waals surface area contributed by atoms with Gasteiger partial charge in [0.1, 0.15) is 17.2 Å². The summed E-state index contributed by atoms with van der Waals surface area (Å²) in [6.07, 6.45) is 6.29. The first-order valence-corrected chi connectivity index (χ1v) is 14.1. The molecule has 0 spiro atoms. The van der Waals surface area contributed by atoms with Crippen LogP contribution in [0.2, 0.25) is 10.0 Å². The number of aryl methyl sites for hydroxylation is 1. The minimum absolute atomic E-state index is 0.0472. The number of anilines is 1. The van der Waals surface area contributed by atoms with Gasteiger partial charge in [-0.1, -0.05) is 23.2 Å². The Morgan fingerprint density at radius 3 is 2.75 bits per heavy atom. The lowest BCUT2D eigenvalue weighted by Gasteiger charge is -2.31. The second-order valence-electron chi connectivity index (χ2n) is 9.57. The van der Waals surface area contributed by atoms with Crippen molar-refractivity contribution in [2.75, 3.05) is 25.5 Å². The van der Waals surface area contributed by atoms with E-state index in [0.29, 0.717) is 39.4 Å². The first-order chi connectivity index (χ1) is 19.1. The maximum Gasteiger partial charge on any atom is 0.256 e. The van der Waals surface area contributed by atoms with Gasteiger partial charge in [0.2, 0.25) is 5.88 Å². The smallest absolute Gasteiger partial charge is 0.256 e. The quantitative estimate of drug-likeness (QED) is 0.459. The second-order valence-corrected chi connectivity index (χ2v) is 11.0. The number of carbonyl (C=O) groups excluding carboxylic acids is 2. The number of hydrogen-bond acceptors (Lipinski definition) is 9. The molecule has 5 rings (SSSR count). The second kappa shape index (κ2) is 11.6. The number of benzene rings is 1. The average Bonchev–Trinajstić information content (AvgIpc) is 3.66. The molecule has 2 aromatic rings. The Kier molecular flexibility index (Phi) is 8.13. The molecule has 14 heteroatoms. The van der Waals surface area contributed by atoms with Crippen LogP contribution >= 0.6 is 23.2 Å². The van der Waals surface area contributed by atoms with Crippen LogP contribution in [0, 0.1) is 6.92 Å². The monoisotopic (exact) mass is 603 g/mol. The van der Waals surface area contributed by atoms with E-state index >= 15 is 0 Å². The van der Waals surface area contributed by atoms with Gasteiger partial charge < -0.3 is 24.4 Å². The van der Waals surface area contributed by atoms with Crippen LogP contribution in [0.3, 0.4) is 0 Å². The number of halogens is 2. The van der Waals surface area contributed by atoms with Crippen LogP contribution in [0.1, 0.15) is 40.4 Å². The Bertz CT molecular complexity index is 1490. The number of amidine groups is 1. The van der Waals surface area contributed by atoms with Gasteiger partial charge in [0, 0.05) is 42.5 Å². The largest absolute Gasteiger partial charge is 0.740 e. The zero-order valence-electron chi connectivity index (χ0n) is 21.5. The summed E-state index contributed by atoms with van der Waals surface area (Å²) >= 11 is 9.78. The van der Waals surface area contributed by atoms with Gasteiger partial charge in [0.05, 0.1) is 34.4 Å². The summed E-state index contributed by atoms with van der Waals surface area (Å²) in [5.74, 6) is -0.841. The van der Waals surface area contributed by atoms with E-state index in [0.717, 1.165) is 12.8 Å². The third-order valence-electron chi connectivity index (χ3n) is 6.85. The van der Waals surface area contributed by atoms with Gasteiger partial charge in [-0.25, -0.2) is 4.21 Å². The Hall–Kier alpha value is -3.45. The van der Waals surface area contributed by atoms with Crippen LogP contribution in [-0.2, 0) is 20.3 Å². The number of allylic oxidation sites excluding steroid dienone is 2. The minimum atomic E-state index is -2.88. The molecule has 0 saturated heterocycles. The van der Waals surface area contributed by atoms with E-state index in [-0.39, 0.29) is 35.5 Å². The maximum atomic E-state index is 13.5. The highest BCUT2D eigenvalue weighted by Gasteiger charge is 2.36. The van der Waals surface area contributed by atoms with Gasteiger partial charge in [-0.3, -0.25) is 19.5 Å². The minimum Gasteiger partial charge on any atom is -0.740 e. The van der Waals surface area contributed by atoms with Crippen molar-refractivity contribution in [3.63, 3.8) is 0 Å². The molecule has 0 bridgehead atoms. The van der Waals surface area contributed by atoms with E-state index in [2.05, 4.69) is 20.8 Å². The molecule has 3 heterocycles. The van der Waals surface area contributed by atoms with E-state index < -0.39 is 23.2 Å². The number of carbonyl (C=O) groups is 2. The molecule has 2 atom stereocenters. The predicted molar refractivity (Wildman–Crippen MR) is 150 cm³/mol. The van der Waals surface area contributed by atoms with Gasteiger partial charge in [-0.2, -0.15) is 5.10 Å². The molecule has 1 saturated carbocycles. The van der Waals surface area contributed by atoms with E-state index in [4.69, 9.17) is 27.4 Å². The molecule has 2 amide bonds. The number of aromatic nitrogens is 1. The molecule has 1 aliphatic carbocycles. The van der Waals surface area contributed by atoms with E-state index in [1.54, 1.807) is 49.3 Å². The molecule has 0 radical (unpaired) electrons. The van der Waals surface area contributed by atoms with Crippen LogP contribution in [-0.4, -0.2) is 67.4 Å². The van der Waals surface area contributed by atoms with Crippen molar-refractivity contribution in [1.82, 2.24) is 20.2 Å². The number of rotatable bonds is 7. The molecular weight excluding hydrogens is 579 g/mol. The Balaban J connectivity index is 1.43. The zero-order valence-corrected chi connectivity index (χ0v) is 23.8. The summed E-state index contributed by atoms with van der Waals surface area (Å²) in [5, 5.41) is 8.01. The van der Waals surface area contributed by atoms with Crippen LogP contribution in [0.5, 0.6) is 0 Å². The summed E-state index contributed by atoms with van der Waals surface area (Å²) in [6.45, 7) is 2.03. The summed E-state index contributed by atoms with van der Waals surface area (Å²) < 4.78 is 27.9. The number of amides is 2. The van der Waals surface area contributed by atoms with Crippen LogP contribution in [0.25, 0.3) is 0 Å². The van der Waals surface area contributed by atoms with Crippen molar-refractivity contribution in [2.45, 2.75) is 31.7 Å². The van der Waals surface area contributed by atoms with E-state index in [9.17, 15) is 18.4 Å². The highest BCUT2D eigenvalue weighted by atomic mass is 35.5. The third kappa shape index (κ3) is 5.85. The van der Waals surface area contributed by atoms with Crippen molar-refractivity contribution in [2.24, 2.45) is 5.10 Å². The number of pyridine rings is 1. The molecule has 3 aliphatic rings. The molecule has 11 nitrogen and oxygen atoms in total. The molecular formula is C26H25Cl2N6O5S-. The zero-order chi connectivity index (χ0) is 28.6. The number of hydrogen-bond donors (Lipinski definition) is 2. The maximum absolute atomic E-state index is 13.5. The topological polar surface area (TPSA) is 139 Å². The normalized spacial score (nSPS) is 19.2. The molecule has 1 fully saturated rings. The summed E-state index contributed by atoms with van der Waals surface area (Å²) in [5.41, 5.74) is 4.97. The molecule has 40 heavy (non-hydrogen) atoms. The van der Waals surface area contributed by atoms with Gasteiger partial charge in [-0.15, -0.1) is 0 Å². The van der Waals surface area contributed by atoms with E-state index in [1.807, 2.05) is 0 Å². The third-order valence-corrected chi connectivity index (χ3v) is 7.69. The standard InChI is InChI=1S/C26H26Cl2N6O5S/c1-14-10-16(27)11-18(26(36)33(2)17-6-7-17)22(14)31-25(35)15-5-8-21(39-40(37)38)34(13-15)24-19(12-30-32-24)23-20(28)4-3-9-29-23/h3-5,8-11,17,19,30H,6-7,12-13H2,1-2H3,(H,31,35)(H,37,38)/p-1. The lowest BCUT2D eigenvalue weighted by Crippen LogP contribution is -2.40. The van der Waals surface area contributed by atoms with Crippen molar-refractivity contribution in [3.8, 4) is 0 Å². The van der Waals surface area contributed by atoms with Crippen molar-refractivity contribution < 1.29 is 22.5 Å². The molecule has 2 unspecified atom stereocenters. The first kappa shape index (κ1) is 28.1. The molecule has 2 aliphatic heterocycles. The molecule has 1 aromatic heterocycles. The van der Waals surface area contributed by atoms with Crippen LogP contribution in [0.15, 0.2) is 59.2 Å². The van der Waals surface area contributed by atoms with Gasteiger partial charge in [0.15, 0.2) is 0 Å². The van der Waals surface area contributed by atoms with Gasteiger partial charge in [0.25, 0.3) is 11.8 Å². The van der Waals surface area contributed by atoms with Crippen LogP contribution < -0.4 is 10.7 Å². The lowest BCUT2D eigenvalue weighted by molar-refractivity contribution is -0.113. The fourth-order valence-corrected chi connectivity index (χ4v) is 5.46. The number of hydrazone groups is 1. The molecule has 1 aromatic carbocycles. The summed E-state index contributed by atoms with van der Waals surface area (Å²) in [6, 6.07) is 6.78. The van der Waals surface area contributed by atoms with Crippen molar-refractivity contribution in [1.29, 1.82) is 0 Å². The lowest BCUT2D eigenvalue weighted by atomic mass is 10.0. The average molecular weight is 604 g/mol. The number of nitrogens with one attached hydrogen (secondary N) is 2. The SMILES string of the molecule is Cc1cc(Cl)cc(C(=O)N(C)C2CC2)c1NC(=O)C1=CC=C(OS(=O)[O-])N(C2=NNCC2c2ncccc2Cl)C1. The van der Waals surface area contributed by atoms with E-state index in [1.165, 1.54) is 17.1 Å². The fraction of sp³-hybridized carbons (Fsp3) is 0.308. The Labute approximate surface area is 243 Å². The molecule has 210 valence electrons. The van der Waals surface area contributed by atoms with Gasteiger partial charge in [-0.05, 0) is 55.7 Å². The highest BCUT2D eigenvalue weighted by molar-refractivity contribution is 7.74. The fourth-order valence-electron chi connectivity index (χ4n) is 4.64. The first-order valence-electron chi connectivity index (χ1n) is 12.4. The van der Waals surface area contributed by atoms with Crippen molar-refractivity contribution in [3.05, 3.63) is 80.9 Å². The Morgan fingerprint density at radius 1 is 1.27 bits per heavy atom. The summed E-state index contributed by atoms with van der Waals surface area (Å²) in [4.78, 5) is 34.3. The van der Waals surface area contributed by atoms with Gasteiger partial charge >= 0.3 is 0 Å². The molecule has 2 N–H and O–H groups in total. The highest BCUT2D eigenvalue weighted by Crippen LogP contribution is 2.33. The predicted octanol–water partition coefficient (Wildman–Crippen LogP) is 3.46. The number of nitrogens with zero attached hydrogens (tertiary/aromatic N) is 4.